The molecule has 0 saturated heterocycles. The summed E-state index contributed by atoms with van der Waals surface area (Å²) in [5.41, 5.74) is 12.0. The van der Waals surface area contributed by atoms with Gasteiger partial charge in [-0.15, -0.1) is 0 Å². The summed E-state index contributed by atoms with van der Waals surface area (Å²) in [4.78, 5) is 0. The van der Waals surface area contributed by atoms with Gasteiger partial charge in [0.2, 0.25) is 0 Å². The Labute approximate surface area is 311 Å². The van der Waals surface area contributed by atoms with Gasteiger partial charge in [0.05, 0.1) is 22.1 Å². The number of nitrogens with zero attached hydrogens (tertiary/aromatic N) is 2. The van der Waals surface area contributed by atoms with Crippen LogP contribution in [0.5, 0.6) is 0 Å². The van der Waals surface area contributed by atoms with Crippen molar-refractivity contribution in [2.75, 3.05) is 0 Å². The van der Waals surface area contributed by atoms with Gasteiger partial charge in [-0.25, -0.2) is 0 Å². The second-order valence-corrected chi connectivity index (χ2v) is 14.5. The largest absolute Gasteiger partial charge is 0.309 e. The van der Waals surface area contributed by atoms with E-state index in [1.54, 1.807) is 0 Å². The van der Waals surface area contributed by atoms with Gasteiger partial charge in [-0.2, -0.15) is 0 Å². The molecule has 2 heterocycles. The fourth-order valence-corrected chi connectivity index (χ4v) is 9.33. The first kappa shape index (κ1) is 29.4. The van der Waals surface area contributed by atoms with Gasteiger partial charge in [0, 0.05) is 32.9 Å². The van der Waals surface area contributed by atoms with E-state index in [-0.39, 0.29) is 0 Å². The van der Waals surface area contributed by atoms with Crippen LogP contribution in [0.25, 0.3) is 110 Å². The summed E-state index contributed by atoms with van der Waals surface area (Å²) < 4.78 is 4.90. The first-order valence-electron chi connectivity index (χ1n) is 18.7. The van der Waals surface area contributed by atoms with Gasteiger partial charge in [-0.1, -0.05) is 152 Å². The van der Waals surface area contributed by atoms with Crippen LogP contribution in [0.3, 0.4) is 0 Å². The lowest BCUT2D eigenvalue weighted by Gasteiger charge is -2.19. The highest BCUT2D eigenvalue weighted by Crippen LogP contribution is 2.44. The van der Waals surface area contributed by atoms with E-state index in [0.717, 1.165) is 11.4 Å². The van der Waals surface area contributed by atoms with Crippen molar-refractivity contribution < 1.29 is 0 Å². The molecule has 10 aromatic carbocycles. The number of rotatable bonds is 4. The summed E-state index contributed by atoms with van der Waals surface area (Å²) in [5, 5.41) is 12.8. The molecule has 54 heavy (non-hydrogen) atoms. The maximum atomic E-state index is 2.45. The molecule has 2 aromatic heterocycles. The Morgan fingerprint density at radius 3 is 1.07 bits per heavy atom. The SMILES string of the molecule is c1ccc(-c2ccc3ccc4c(-c5cc(-n6c7ccccc7c7ccccc76)cc(-n6c7ccccc7c7ccccc76)c5)ccc5ccc2c3c54)cc1. The molecule has 2 heteroatoms. The van der Waals surface area contributed by atoms with Crippen LogP contribution < -0.4 is 0 Å². The minimum absolute atomic E-state index is 1.14. The van der Waals surface area contributed by atoms with Gasteiger partial charge in [0.1, 0.15) is 0 Å². The highest BCUT2D eigenvalue weighted by molar-refractivity contribution is 6.27. The van der Waals surface area contributed by atoms with Crippen molar-refractivity contribution in [3.63, 3.8) is 0 Å². The van der Waals surface area contributed by atoms with E-state index < -0.39 is 0 Å². The minimum Gasteiger partial charge on any atom is -0.309 e. The fraction of sp³-hybridized carbons (Fsp3) is 0. The zero-order chi connectivity index (χ0) is 35.3. The molecular weight excluding hydrogens is 653 g/mol. The lowest BCUT2D eigenvalue weighted by atomic mass is 9.87. The number of fused-ring (bicyclic) bond motifs is 6. The zero-order valence-electron chi connectivity index (χ0n) is 29.4. The van der Waals surface area contributed by atoms with Crippen LogP contribution >= 0.6 is 0 Å². The first-order chi connectivity index (χ1) is 26.8. The Bertz CT molecular complexity index is 3200. The molecule has 0 bridgehead atoms. The summed E-state index contributed by atoms with van der Waals surface area (Å²) in [6.45, 7) is 0. The van der Waals surface area contributed by atoms with Crippen molar-refractivity contribution in [1.82, 2.24) is 9.13 Å². The topological polar surface area (TPSA) is 9.86 Å². The maximum absolute atomic E-state index is 2.45. The van der Waals surface area contributed by atoms with Crippen molar-refractivity contribution in [1.29, 1.82) is 0 Å². The maximum Gasteiger partial charge on any atom is 0.0541 e. The predicted molar refractivity (Wildman–Crippen MR) is 230 cm³/mol. The second-order valence-electron chi connectivity index (χ2n) is 14.5. The third-order valence-corrected chi connectivity index (χ3v) is 11.6. The number of benzene rings is 10. The highest BCUT2D eigenvalue weighted by atomic mass is 15.0. The number of para-hydroxylation sites is 4. The van der Waals surface area contributed by atoms with Crippen molar-refractivity contribution in [2.45, 2.75) is 0 Å². The summed E-state index contributed by atoms with van der Waals surface area (Å²) in [5.74, 6) is 0. The normalized spacial score (nSPS) is 12.1. The highest BCUT2D eigenvalue weighted by Gasteiger charge is 2.19. The molecule has 12 rings (SSSR count). The van der Waals surface area contributed by atoms with E-state index in [0.29, 0.717) is 0 Å². The molecule has 0 atom stereocenters. The van der Waals surface area contributed by atoms with Crippen LogP contribution in [0, 0.1) is 0 Å². The molecular formula is C52H32N2. The van der Waals surface area contributed by atoms with Gasteiger partial charge in [0.15, 0.2) is 0 Å². The molecule has 0 saturated carbocycles. The van der Waals surface area contributed by atoms with Crippen LogP contribution in [0.4, 0.5) is 0 Å². The Morgan fingerprint density at radius 1 is 0.259 bits per heavy atom. The Balaban J connectivity index is 1.20. The van der Waals surface area contributed by atoms with Crippen molar-refractivity contribution in [2.24, 2.45) is 0 Å². The molecule has 250 valence electrons. The monoisotopic (exact) mass is 684 g/mol. The summed E-state index contributed by atoms with van der Waals surface area (Å²) in [6.07, 6.45) is 0. The standard InChI is InChI=1S/C52H32N2/c1-2-12-33(13-3-1)39-26-22-34-25-29-46-40(27-23-35-24-28-45(39)51(34)52(35)46)36-30-37(53-47-18-8-4-14-41(47)42-15-5-9-19-48(42)53)32-38(31-36)54-49-20-10-6-16-43(49)44-17-7-11-21-50(44)54/h1-32H. The molecule has 0 fully saturated rings. The number of aromatic nitrogens is 2. The van der Waals surface area contributed by atoms with E-state index in [9.17, 15) is 0 Å². The zero-order valence-corrected chi connectivity index (χ0v) is 29.4. The molecule has 0 unspecified atom stereocenters. The minimum atomic E-state index is 1.14. The van der Waals surface area contributed by atoms with Crippen molar-refractivity contribution in [3.8, 4) is 33.6 Å². The smallest absolute Gasteiger partial charge is 0.0541 e. The molecule has 0 aliphatic carbocycles. The Hall–Kier alpha value is -7.16. The molecule has 0 aliphatic rings. The third-order valence-electron chi connectivity index (χ3n) is 11.6. The van der Waals surface area contributed by atoms with E-state index in [2.05, 4.69) is 203 Å². The molecule has 2 nitrogen and oxygen atoms in total. The van der Waals surface area contributed by atoms with Crippen molar-refractivity contribution >= 4 is 75.9 Å². The molecule has 0 amide bonds. The summed E-state index contributed by atoms with van der Waals surface area (Å²) >= 11 is 0. The molecule has 0 N–H and O–H groups in total. The van der Waals surface area contributed by atoms with Gasteiger partial charge in [0.25, 0.3) is 0 Å². The molecule has 0 radical (unpaired) electrons. The molecule has 0 aliphatic heterocycles. The van der Waals surface area contributed by atoms with Gasteiger partial charge < -0.3 is 9.13 Å². The average molecular weight is 685 g/mol. The predicted octanol–water partition coefficient (Wildman–Crippen LogP) is 14.1. The van der Waals surface area contributed by atoms with Gasteiger partial charge in [-0.3, -0.25) is 0 Å². The van der Waals surface area contributed by atoms with Crippen LogP contribution in [-0.2, 0) is 0 Å². The quantitative estimate of drug-likeness (QED) is 0.163. The number of hydrogen-bond acceptors (Lipinski definition) is 0. The fourth-order valence-electron chi connectivity index (χ4n) is 9.33. The lowest BCUT2D eigenvalue weighted by Crippen LogP contribution is -2.00. The van der Waals surface area contributed by atoms with Gasteiger partial charge in [-0.05, 0) is 97.0 Å². The van der Waals surface area contributed by atoms with E-state index in [4.69, 9.17) is 0 Å². The third kappa shape index (κ3) is 4.11. The number of hydrogen-bond donors (Lipinski definition) is 0. The van der Waals surface area contributed by atoms with Crippen molar-refractivity contribution in [3.05, 3.63) is 194 Å². The first-order valence-corrected chi connectivity index (χ1v) is 18.7. The Morgan fingerprint density at radius 2 is 0.630 bits per heavy atom. The lowest BCUT2D eigenvalue weighted by molar-refractivity contribution is 1.13. The molecule has 12 aromatic rings. The van der Waals surface area contributed by atoms with E-state index >= 15 is 0 Å². The summed E-state index contributed by atoms with van der Waals surface area (Å²) in [6, 6.07) is 71.7. The second kappa shape index (κ2) is 11.2. The van der Waals surface area contributed by atoms with E-state index in [1.165, 1.54) is 98.2 Å². The average Bonchev–Trinajstić information content (AvgIpc) is 3.76. The van der Waals surface area contributed by atoms with Crippen LogP contribution in [0.15, 0.2) is 194 Å². The van der Waals surface area contributed by atoms with Crippen LogP contribution in [0.2, 0.25) is 0 Å². The Kier molecular flexibility index (Phi) is 6.09. The van der Waals surface area contributed by atoms with Crippen LogP contribution in [0.1, 0.15) is 0 Å². The van der Waals surface area contributed by atoms with Crippen LogP contribution in [-0.4, -0.2) is 9.13 Å². The summed E-state index contributed by atoms with van der Waals surface area (Å²) in [7, 11) is 0. The van der Waals surface area contributed by atoms with E-state index in [1.807, 2.05) is 0 Å². The van der Waals surface area contributed by atoms with Gasteiger partial charge >= 0.3 is 0 Å². The molecule has 0 spiro atoms.